The lowest BCUT2D eigenvalue weighted by Crippen LogP contribution is -2.34. The average Bonchev–Trinajstić information content (AvgIpc) is 2.91. The van der Waals surface area contributed by atoms with Gasteiger partial charge >= 0.3 is 0 Å². The second-order valence-corrected chi connectivity index (χ2v) is 7.13. The van der Waals surface area contributed by atoms with Gasteiger partial charge in [0.25, 0.3) is 0 Å². The maximum atomic E-state index is 13.2. The molecule has 0 saturated carbocycles. The number of hydrogen-bond acceptors (Lipinski definition) is 2. The molecule has 1 heterocycles. The number of amides is 2. The van der Waals surface area contributed by atoms with Gasteiger partial charge in [-0.2, -0.15) is 0 Å². The Morgan fingerprint density at radius 2 is 2.04 bits per heavy atom. The van der Waals surface area contributed by atoms with Gasteiger partial charge in [-0.15, -0.1) is 0 Å². The third-order valence-corrected chi connectivity index (χ3v) is 5.09. The van der Waals surface area contributed by atoms with Crippen LogP contribution < -0.4 is 5.32 Å². The van der Waals surface area contributed by atoms with Gasteiger partial charge in [0.2, 0.25) is 11.8 Å². The van der Waals surface area contributed by atoms with Crippen LogP contribution in [0.25, 0.3) is 0 Å². The highest BCUT2D eigenvalue weighted by Crippen LogP contribution is 2.37. The first-order valence-electron chi connectivity index (χ1n) is 8.09. The largest absolute Gasteiger partial charge is 0.352 e. The van der Waals surface area contributed by atoms with Crippen LogP contribution in [0, 0.1) is 11.7 Å². The summed E-state index contributed by atoms with van der Waals surface area (Å²) in [5.74, 6) is -1.37. The molecule has 2 amide bonds. The lowest BCUT2D eigenvalue weighted by atomic mass is 9.93. The minimum absolute atomic E-state index is 0.00401. The van der Waals surface area contributed by atoms with Gasteiger partial charge in [0.05, 0.1) is 17.0 Å². The Balaban J connectivity index is 1.76. The van der Waals surface area contributed by atoms with Crippen LogP contribution in [0.4, 0.5) is 4.39 Å². The molecule has 26 heavy (non-hydrogen) atoms. The molecular formula is C19H17Cl2FN2O2. The summed E-state index contributed by atoms with van der Waals surface area (Å²) in [5.41, 5.74) is 1.50. The number of halogens is 3. The maximum absolute atomic E-state index is 13.2. The predicted molar refractivity (Wildman–Crippen MR) is 98.3 cm³/mol. The Labute approximate surface area is 160 Å². The van der Waals surface area contributed by atoms with Crippen LogP contribution in [-0.2, 0) is 16.1 Å². The van der Waals surface area contributed by atoms with E-state index in [2.05, 4.69) is 5.32 Å². The summed E-state index contributed by atoms with van der Waals surface area (Å²) in [7, 11) is 1.68. The molecule has 2 aromatic carbocycles. The van der Waals surface area contributed by atoms with Crippen molar-refractivity contribution in [3.63, 3.8) is 0 Å². The lowest BCUT2D eigenvalue weighted by Gasteiger charge is -2.25. The molecule has 0 aliphatic carbocycles. The molecule has 2 aromatic rings. The topological polar surface area (TPSA) is 49.4 Å². The van der Waals surface area contributed by atoms with Crippen LogP contribution in [-0.4, -0.2) is 23.8 Å². The highest BCUT2D eigenvalue weighted by atomic mass is 35.5. The summed E-state index contributed by atoms with van der Waals surface area (Å²) in [5, 5.41) is 3.37. The molecule has 0 aromatic heterocycles. The Kier molecular flexibility index (Phi) is 5.49. The Bertz CT molecular complexity index is 859. The van der Waals surface area contributed by atoms with E-state index in [1.165, 1.54) is 12.1 Å². The molecule has 0 bridgehead atoms. The van der Waals surface area contributed by atoms with Crippen LogP contribution in [0.3, 0.4) is 0 Å². The van der Waals surface area contributed by atoms with Gasteiger partial charge in [-0.05, 0) is 35.4 Å². The second kappa shape index (κ2) is 7.64. The highest BCUT2D eigenvalue weighted by molar-refractivity contribution is 6.31. The van der Waals surface area contributed by atoms with Crippen LogP contribution in [0.5, 0.6) is 0 Å². The van der Waals surface area contributed by atoms with E-state index < -0.39 is 11.7 Å². The van der Waals surface area contributed by atoms with Gasteiger partial charge in [-0.3, -0.25) is 9.59 Å². The molecule has 0 spiro atoms. The van der Waals surface area contributed by atoms with Crippen LogP contribution in [0.1, 0.15) is 23.6 Å². The molecule has 1 aliphatic rings. The van der Waals surface area contributed by atoms with Crippen molar-refractivity contribution in [1.29, 1.82) is 0 Å². The zero-order valence-corrected chi connectivity index (χ0v) is 15.5. The minimum Gasteiger partial charge on any atom is -0.352 e. The fraction of sp³-hybridized carbons (Fsp3) is 0.263. The van der Waals surface area contributed by atoms with Crippen molar-refractivity contribution in [1.82, 2.24) is 10.2 Å². The second-order valence-electron chi connectivity index (χ2n) is 6.28. The first-order chi connectivity index (χ1) is 12.4. The van der Waals surface area contributed by atoms with Crippen molar-refractivity contribution in [2.75, 3.05) is 7.05 Å². The first kappa shape index (κ1) is 18.7. The van der Waals surface area contributed by atoms with E-state index in [4.69, 9.17) is 23.2 Å². The molecule has 7 heteroatoms. The van der Waals surface area contributed by atoms with Crippen molar-refractivity contribution in [2.24, 2.45) is 5.92 Å². The van der Waals surface area contributed by atoms with Gasteiger partial charge in [0.15, 0.2) is 0 Å². The van der Waals surface area contributed by atoms with E-state index in [0.29, 0.717) is 10.6 Å². The van der Waals surface area contributed by atoms with E-state index in [-0.39, 0.29) is 35.8 Å². The van der Waals surface area contributed by atoms with Crippen molar-refractivity contribution >= 4 is 35.0 Å². The first-order valence-corrected chi connectivity index (χ1v) is 8.85. The van der Waals surface area contributed by atoms with Crippen molar-refractivity contribution < 1.29 is 14.0 Å². The van der Waals surface area contributed by atoms with Crippen LogP contribution in [0.2, 0.25) is 10.0 Å². The Morgan fingerprint density at radius 1 is 1.27 bits per heavy atom. The lowest BCUT2D eigenvalue weighted by molar-refractivity contribution is -0.128. The summed E-state index contributed by atoms with van der Waals surface area (Å²) >= 11 is 11.8. The molecule has 136 valence electrons. The summed E-state index contributed by atoms with van der Waals surface area (Å²) in [6.07, 6.45) is 0.129. The monoisotopic (exact) mass is 394 g/mol. The summed E-state index contributed by atoms with van der Waals surface area (Å²) < 4.78 is 13.2. The maximum Gasteiger partial charge on any atom is 0.226 e. The number of nitrogens with zero attached hydrogens (tertiary/aromatic N) is 1. The van der Waals surface area contributed by atoms with Crippen molar-refractivity contribution in [3.05, 3.63) is 69.5 Å². The van der Waals surface area contributed by atoms with E-state index in [1.807, 2.05) is 6.07 Å². The molecule has 3 rings (SSSR count). The Hall–Kier alpha value is -2.11. The smallest absolute Gasteiger partial charge is 0.226 e. The number of nitrogens with one attached hydrogen (secondary N) is 1. The van der Waals surface area contributed by atoms with E-state index in [0.717, 1.165) is 5.56 Å². The highest BCUT2D eigenvalue weighted by Gasteiger charge is 2.42. The van der Waals surface area contributed by atoms with E-state index >= 15 is 0 Å². The molecule has 1 saturated heterocycles. The molecule has 2 unspecified atom stereocenters. The number of hydrogen-bond donors (Lipinski definition) is 1. The van der Waals surface area contributed by atoms with Crippen LogP contribution in [0.15, 0.2) is 42.5 Å². The average molecular weight is 395 g/mol. The van der Waals surface area contributed by atoms with Gasteiger partial charge in [0.1, 0.15) is 5.82 Å². The molecule has 4 nitrogen and oxygen atoms in total. The molecular weight excluding hydrogens is 378 g/mol. The van der Waals surface area contributed by atoms with Crippen molar-refractivity contribution in [2.45, 2.75) is 19.0 Å². The number of benzene rings is 2. The van der Waals surface area contributed by atoms with E-state index in [1.54, 1.807) is 36.2 Å². The van der Waals surface area contributed by atoms with Gasteiger partial charge in [0, 0.05) is 25.0 Å². The molecule has 1 fully saturated rings. The molecule has 0 radical (unpaired) electrons. The Morgan fingerprint density at radius 3 is 2.73 bits per heavy atom. The van der Waals surface area contributed by atoms with Gasteiger partial charge in [-0.1, -0.05) is 41.4 Å². The quantitative estimate of drug-likeness (QED) is 0.852. The standard InChI is InChI=1S/C19H17Cl2FN2O2/c1-24-17(25)9-14(18(24)12-3-2-4-13(20)8-12)19(26)23-10-11-5-6-16(22)15(21)7-11/h2-8,14,18H,9-10H2,1H3,(H,23,26). The predicted octanol–water partition coefficient (Wildman–Crippen LogP) is 3.97. The summed E-state index contributed by atoms with van der Waals surface area (Å²) in [6, 6.07) is 11.1. The zero-order chi connectivity index (χ0) is 18.8. The molecule has 1 aliphatic heterocycles. The summed E-state index contributed by atoms with van der Waals surface area (Å²) in [6.45, 7) is 0.204. The fourth-order valence-electron chi connectivity index (χ4n) is 3.22. The van der Waals surface area contributed by atoms with Gasteiger partial charge in [-0.25, -0.2) is 4.39 Å². The third kappa shape index (κ3) is 3.84. The third-order valence-electron chi connectivity index (χ3n) is 4.56. The SMILES string of the molecule is CN1C(=O)CC(C(=O)NCc2ccc(F)c(Cl)c2)C1c1cccc(Cl)c1. The number of carbonyl (C=O) groups is 2. The van der Waals surface area contributed by atoms with Crippen molar-refractivity contribution in [3.8, 4) is 0 Å². The number of carbonyl (C=O) groups excluding carboxylic acids is 2. The normalized spacial score (nSPS) is 19.7. The minimum atomic E-state index is -0.526. The zero-order valence-electron chi connectivity index (χ0n) is 14.0. The van der Waals surface area contributed by atoms with E-state index in [9.17, 15) is 14.0 Å². The molecule has 1 N–H and O–H groups in total. The van der Waals surface area contributed by atoms with Gasteiger partial charge < -0.3 is 10.2 Å². The number of likely N-dealkylation sites (tertiary alicyclic amines) is 1. The fourth-order valence-corrected chi connectivity index (χ4v) is 3.62. The molecule has 2 atom stereocenters. The summed E-state index contributed by atoms with van der Waals surface area (Å²) in [4.78, 5) is 26.4. The number of rotatable bonds is 4. The van der Waals surface area contributed by atoms with Crippen LogP contribution >= 0.6 is 23.2 Å².